The number of fused-ring (bicyclic) bond motifs is 1. The van der Waals surface area contributed by atoms with Crippen LogP contribution >= 0.6 is 0 Å². The van der Waals surface area contributed by atoms with Gasteiger partial charge in [-0.1, -0.05) is 12.1 Å². The molecule has 0 saturated heterocycles. The Bertz CT molecular complexity index is 980. The van der Waals surface area contributed by atoms with Crippen molar-refractivity contribution in [3.63, 3.8) is 0 Å². The van der Waals surface area contributed by atoms with Crippen LogP contribution in [0.4, 0.5) is 16.0 Å². The molecule has 0 unspecified atom stereocenters. The lowest BCUT2D eigenvalue weighted by molar-refractivity contribution is -0.113. The summed E-state index contributed by atoms with van der Waals surface area (Å²) in [4.78, 5) is 21.2. The number of carbonyl (C=O) groups is 1. The quantitative estimate of drug-likeness (QED) is 0.759. The van der Waals surface area contributed by atoms with Gasteiger partial charge in [0.2, 0.25) is 5.95 Å². The number of anilines is 2. The van der Waals surface area contributed by atoms with E-state index in [1.54, 1.807) is 48.3 Å². The van der Waals surface area contributed by atoms with Gasteiger partial charge in [0.05, 0.1) is 17.5 Å². The number of benzene rings is 1. The number of amides is 1. The van der Waals surface area contributed by atoms with E-state index in [-0.39, 0.29) is 11.7 Å². The predicted molar refractivity (Wildman–Crippen MR) is 93.8 cm³/mol. The van der Waals surface area contributed by atoms with Gasteiger partial charge in [0, 0.05) is 11.9 Å². The molecule has 0 bridgehead atoms. The van der Waals surface area contributed by atoms with E-state index >= 15 is 0 Å². The van der Waals surface area contributed by atoms with Crippen LogP contribution in [0.2, 0.25) is 0 Å². The van der Waals surface area contributed by atoms with Gasteiger partial charge in [-0.3, -0.25) is 9.78 Å². The molecule has 1 aliphatic heterocycles. The average molecular weight is 350 g/mol. The minimum Gasteiger partial charge on any atom is -0.328 e. The van der Waals surface area contributed by atoms with E-state index in [0.29, 0.717) is 22.9 Å². The molecule has 0 saturated carbocycles. The lowest BCUT2D eigenvalue weighted by Crippen LogP contribution is -2.31. The van der Waals surface area contributed by atoms with Gasteiger partial charge in [-0.15, -0.1) is 0 Å². The van der Waals surface area contributed by atoms with Crippen molar-refractivity contribution in [1.82, 2.24) is 19.7 Å². The summed E-state index contributed by atoms with van der Waals surface area (Å²) in [7, 11) is 0. The fourth-order valence-corrected chi connectivity index (χ4v) is 2.97. The van der Waals surface area contributed by atoms with Gasteiger partial charge in [-0.25, -0.2) is 9.07 Å². The van der Waals surface area contributed by atoms with E-state index in [0.717, 1.165) is 5.56 Å². The molecule has 8 heteroatoms. The van der Waals surface area contributed by atoms with Crippen molar-refractivity contribution in [2.24, 2.45) is 0 Å². The summed E-state index contributed by atoms with van der Waals surface area (Å²) in [5, 5.41) is 10.2. The number of carbonyl (C=O) groups excluding carboxylic acids is 1. The maximum absolute atomic E-state index is 13.4. The van der Waals surface area contributed by atoms with Gasteiger partial charge in [-0.05, 0) is 36.8 Å². The normalized spacial score (nSPS) is 16.0. The smallest absolute Gasteiger partial charge is 0.255 e. The first kappa shape index (κ1) is 15.9. The van der Waals surface area contributed by atoms with Crippen molar-refractivity contribution in [3.05, 3.63) is 77.8 Å². The zero-order chi connectivity index (χ0) is 18.1. The number of nitrogens with zero attached hydrogens (tertiary/aromatic N) is 4. The minimum absolute atomic E-state index is 0.293. The summed E-state index contributed by atoms with van der Waals surface area (Å²) in [6.45, 7) is 1.80. The Balaban J connectivity index is 1.77. The SMILES string of the molecule is CC1=C(C(=O)Nc2cccnc2)[C@H](c2ccc(F)cc2)n2ncnc2N1. The van der Waals surface area contributed by atoms with Crippen LogP contribution in [0.1, 0.15) is 18.5 Å². The van der Waals surface area contributed by atoms with Crippen LogP contribution in [0.3, 0.4) is 0 Å². The monoisotopic (exact) mass is 350 g/mol. The van der Waals surface area contributed by atoms with Crippen molar-refractivity contribution in [2.75, 3.05) is 10.6 Å². The second kappa shape index (κ2) is 6.40. The highest BCUT2D eigenvalue weighted by Gasteiger charge is 2.33. The molecule has 1 amide bonds. The lowest BCUT2D eigenvalue weighted by Gasteiger charge is -2.28. The van der Waals surface area contributed by atoms with E-state index in [1.807, 2.05) is 0 Å². The zero-order valence-electron chi connectivity index (χ0n) is 13.8. The molecular formula is C18H15FN6O. The summed E-state index contributed by atoms with van der Waals surface area (Å²) in [6.07, 6.45) is 4.61. The molecule has 0 fully saturated rings. The highest BCUT2D eigenvalue weighted by atomic mass is 19.1. The molecule has 0 spiro atoms. The van der Waals surface area contributed by atoms with E-state index < -0.39 is 6.04 Å². The van der Waals surface area contributed by atoms with Crippen molar-refractivity contribution in [2.45, 2.75) is 13.0 Å². The first-order valence-electron chi connectivity index (χ1n) is 7.97. The highest BCUT2D eigenvalue weighted by Crippen LogP contribution is 2.35. The molecule has 1 aromatic carbocycles. The van der Waals surface area contributed by atoms with Crippen LogP contribution in [-0.4, -0.2) is 25.7 Å². The molecule has 1 atom stereocenters. The molecule has 2 N–H and O–H groups in total. The van der Waals surface area contributed by atoms with Crippen molar-refractivity contribution >= 4 is 17.5 Å². The number of rotatable bonds is 3. The second-order valence-corrected chi connectivity index (χ2v) is 5.84. The third-order valence-corrected chi connectivity index (χ3v) is 4.14. The summed E-state index contributed by atoms with van der Waals surface area (Å²) in [6, 6.07) is 8.97. The second-order valence-electron chi connectivity index (χ2n) is 5.84. The fraction of sp³-hybridized carbons (Fsp3) is 0.111. The highest BCUT2D eigenvalue weighted by molar-refractivity contribution is 6.05. The van der Waals surface area contributed by atoms with Gasteiger partial charge in [0.25, 0.3) is 5.91 Å². The largest absolute Gasteiger partial charge is 0.328 e. The van der Waals surface area contributed by atoms with Crippen LogP contribution in [0.15, 0.2) is 66.4 Å². The summed E-state index contributed by atoms with van der Waals surface area (Å²) < 4.78 is 15.0. The van der Waals surface area contributed by atoms with Crippen molar-refractivity contribution in [3.8, 4) is 0 Å². The molecule has 7 nitrogen and oxygen atoms in total. The van der Waals surface area contributed by atoms with E-state index in [1.165, 1.54) is 18.5 Å². The molecule has 3 aromatic rings. The molecule has 3 heterocycles. The summed E-state index contributed by atoms with van der Waals surface area (Å²) in [5.74, 6) is -0.114. The average Bonchev–Trinajstić information content (AvgIpc) is 3.10. The molecule has 130 valence electrons. The Morgan fingerprint density at radius 3 is 2.81 bits per heavy atom. The molecule has 26 heavy (non-hydrogen) atoms. The Labute approximate surface area is 148 Å². The molecule has 0 radical (unpaired) electrons. The predicted octanol–water partition coefficient (Wildman–Crippen LogP) is 2.74. The van der Waals surface area contributed by atoms with Crippen LogP contribution in [-0.2, 0) is 4.79 Å². The van der Waals surface area contributed by atoms with E-state index in [9.17, 15) is 9.18 Å². The van der Waals surface area contributed by atoms with Crippen molar-refractivity contribution in [1.29, 1.82) is 0 Å². The Kier molecular flexibility index (Phi) is 3.92. The standard InChI is InChI=1S/C18H15FN6O/c1-11-15(17(26)24-14-3-2-8-20-9-14)16(12-4-6-13(19)7-5-12)25-18(23-11)21-10-22-25/h2-10,16H,1H3,(H,24,26)(H,21,22,23)/t16-/m0/s1. The first-order chi connectivity index (χ1) is 12.6. The number of allylic oxidation sites excluding steroid dienone is 1. The number of nitrogens with one attached hydrogen (secondary N) is 2. The summed E-state index contributed by atoms with van der Waals surface area (Å²) >= 11 is 0. The molecule has 1 aliphatic rings. The third kappa shape index (κ3) is 2.81. The van der Waals surface area contributed by atoms with Gasteiger partial charge < -0.3 is 10.6 Å². The van der Waals surface area contributed by atoms with Gasteiger partial charge >= 0.3 is 0 Å². The topological polar surface area (TPSA) is 84.7 Å². The Hall–Kier alpha value is -3.55. The van der Waals surface area contributed by atoms with E-state index in [2.05, 4.69) is 25.7 Å². The lowest BCUT2D eigenvalue weighted by atomic mass is 9.95. The molecule has 0 aliphatic carbocycles. The molecular weight excluding hydrogens is 335 g/mol. The maximum Gasteiger partial charge on any atom is 0.255 e. The first-order valence-corrected chi connectivity index (χ1v) is 7.97. The van der Waals surface area contributed by atoms with E-state index in [4.69, 9.17) is 0 Å². The number of hydrogen-bond donors (Lipinski definition) is 2. The van der Waals surface area contributed by atoms with Crippen LogP contribution in [0.25, 0.3) is 0 Å². The number of aromatic nitrogens is 4. The van der Waals surface area contributed by atoms with Crippen LogP contribution < -0.4 is 10.6 Å². The zero-order valence-corrected chi connectivity index (χ0v) is 13.8. The third-order valence-electron chi connectivity index (χ3n) is 4.14. The Morgan fingerprint density at radius 1 is 1.27 bits per heavy atom. The van der Waals surface area contributed by atoms with Crippen molar-refractivity contribution < 1.29 is 9.18 Å². The molecule has 4 rings (SSSR count). The number of hydrogen-bond acceptors (Lipinski definition) is 5. The maximum atomic E-state index is 13.4. The molecule has 2 aromatic heterocycles. The van der Waals surface area contributed by atoms with Gasteiger partial charge in [0.15, 0.2) is 0 Å². The van der Waals surface area contributed by atoms with Crippen LogP contribution in [0, 0.1) is 5.82 Å². The Morgan fingerprint density at radius 2 is 2.08 bits per heavy atom. The van der Waals surface area contributed by atoms with Crippen LogP contribution in [0.5, 0.6) is 0 Å². The summed E-state index contributed by atoms with van der Waals surface area (Å²) in [5.41, 5.74) is 2.44. The number of halogens is 1. The number of pyridine rings is 1. The van der Waals surface area contributed by atoms with Gasteiger partial charge in [0.1, 0.15) is 18.2 Å². The minimum atomic E-state index is -0.522. The van der Waals surface area contributed by atoms with Gasteiger partial charge in [-0.2, -0.15) is 10.1 Å². The fourth-order valence-electron chi connectivity index (χ4n) is 2.97.